The molecule has 20 heavy (non-hydrogen) atoms. The van der Waals surface area contributed by atoms with Gasteiger partial charge in [0.15, 0.2) is 0 Å². The van der Waals surface area contributed by atoms with Crippen molar-refractivity contribution in [1.82, 2.24) is 19.3 Å². The lowest BCUT2D eigenvalue weighted by molar-refractivity contribution is 0.527. The van der Waals surface area contributed by atoms with Gasteiger partial charge < -0.3 is 10.3 Å². The van der Waals surface area contributed by atoms with Gasteiger partial charge in [-0.2, -0.15) is 5.10 Å². The van der Waals surface area contributed by atoms with Crippen LogP contribution in [-0.4, -0.2) is 19.3 Å². The van der Waals surface area contributed by atoms with Gasteiger partial charge in [0.2, 0.25) is 0 Å². The van der Waals surface area contributed by atoms with E-state index in [4.69, 9.17) is 10.7 Å². The van der Waals surface area contributed by atoms with Gasteiger partial charge in [-0.15, -0.1) is 0 Å². The molecule has 0 spiro atoms. The second-order valence-corrected chi connectivity index (χ2v) is 4.95. The number of fused-ring (bicyclic) bond motifs is 1. The van der Waals surface area contributed by atoms with Gasteiger partial charge in [0.25, 0.3) is 0 Å². The average molecular weight is 269 g/mol. The fourth-order valence-corrected chi connectivity index (χ4v) is 2.50. The summed E-state index contributed by atoms with van der Waals surface area (Å²) in [7, 11) is 0. The Hall–Kier alpha value is -2.30. The monoisotopic (exact) mass is 269 g/mol. The molecule has 0 fully saturated rings. The van der Waals surface area contributed by atoms with Crippen molar-refractivity contribution in [2.24, 2.45) is 0 Å². The van der Waals surface area contributed by atoms with E-state index in [0.717, 1.165) is 48.5 Å². The van der Waals surface area contributed by atoms with Gasteiger partial charge in [-0.1, -0.05) is 6.92 Å². The minimum atomic E-state index is 0.761. The van der Waals surface area contributed by atoms with E-state index in [-0.39, 0.29) is 0 Å². The first-order valence-corrected chi connectivity index (χ1v) is 7.00. The SMILES string of the molecule is CCCc1nc2cc(N)ccc2n1CCn1cccn1. The summed E-state index contributed by atoms with van der Waals surface area (Å²) >= 11 is 0. The predicted molar refractivity (Wildman–Crippen MR) is 80.4 cm³/mol. The molecular formula is C15H19N5. The van der Waals surface area contributed by atoms with Crippen LogP contribution in [0.3, 0.4) is 0 Å². The summed E-state index contributed by atoms with van der Waals surface area (Å²) in [6, 6.07) is 7.88. The van der Waals surface area contributed by atoms with Crippen LogP contribution in [0.1, 0.15) is 19.2 Å². The first-order valence-electron chi connectivity index (χ1n) is 7.00. The molecule has 0 aliphatic heterocycles. The zero-order valence-corrected chi connectivity index (χ0v) is 11.7. The number of aryl methyl sites for hydroxylation is 3. The quantitative estimate of drug-likeness (QED) is 0.724. The van der Waals surface area contributed by atoms with Crippen LogP contribution in [0, 0.1) is 0 Å². The van der Waals surface area contributed by atoms with Crippen LogP contribution in [0.4, 0.5) is 5.69 Å². The van der Waals surface area contributed by atoms with Crippen molar-refractivity contribution in [3.63, 3.8) is 0 Å². The lowest BCUT2D eigenvalue weighted by Gasteiger charge is -2.09. The van der Waals surface area contributed by atoms with Crippen LogP contribution in [-0.2, 0) is 19.5 Å². The number of aromatic nitrogens is 4. The number of hydrogen-bond acceptors (Lipinski definition) is 3. The Balaban J connectivity index is 1.95. The Morgan fingerprint density at radius 2 is 2.15 bits per heavy atom. The maximum Gasteiger partial charge on any atom is 0.109 e. The number of nitrogens with zero attached hydrogens (tertiary/aromatic N) is 4. The zero-order chi connectivity index (χ0) is 13.9. The first kappa shape index (κ1) is 12.7. The van der Waals surface area contributed by atoms with Crippen LogP contribution in [0.15, 0.2) is 36.7 Å². The van der Waals surface area contributed by atoms with E-state index in [2.05, 4.69) is 22.7 Å². The molecule has 3 rings (SSSR count). The summed E-state index contributed by atoms with van der Waals surface area (Å²) in [5.41, 5.74) is 8.73. The van der Waals surface area contributed by atoms with Gasteiger partial charge in [0.1, 0.15) is 5.82 Å². The molecule has 0 atom stereocenters. The van der Waals surface area contributed by atoms with Gasteiger partial charge >= 0.3 is 0 Å². The fraction of sp³-hybridized carbons (Fsp3) is 0.333. The minimum absolute atomic E-state index is 0.761. The van der Waals surface area contributed by atoms with Crippen LogP contribution < -0.4 is 5.73 Å². The van der Waals surface area contributed by atoms with Gasteiger partial charge in [-0.05, 0) is 30.7 Å². The van der Waals surface area contributed by atoms with E-state index in [1.54, 1.807) is 6.20 Å². The topological polar surface area (TPSA) is 61.7 Å². The number of nitrogens with two attached hydrogens (primary N) is 1. The molecule has 0 amide bonds. The molecule has 2 aromatic heterocycles. The molecule has 0 aliphatic carbocycles. The Morgan fingerprint density at radius 3 is 2.90 bits per heavy atom. The van der Waals surface area contributed by atoms with Crippen molar-refractivity contribution in [1.29, 1.82) is 0 Å². The highest BCUT2D eigenvalue weighted by Gasteiger charge is 2.10. The molecule has 5 heteroatoms. The summed E-state index contributed by atoms with van der Waals surface area (Å²) < 4.78 is 4.22. The largest absolute Gasteiger partial charge is 0.399 e. The van der Waals surface area contributed by atoms with E-state index in [1.807, 2.05) is 29.1 Å². The van der Waals surface area contributed by atoms with E-state index >= 15 is 0 Å². The number of rotatable bonds is 5. The number of hydrogen-bond donors (Lipinski definition) is 1. The molecular weight excluding hydrogens is 250 g/mol. The van der Waals surface area contributed by atoms with Crippen LogP contribution in [0.25, 0.3) is 11.0 Å². The van der Waals surface area contributed by atoms with Crippen LogP contribution in [0.2, 0.25) is 0 Å². The molecule has 0 aliphatic rings. The second kappa shape index (κ2) is 5.36. The maximum absolute atomic E-state index is 5.84. The Bertz CT molecular complexity index is 696. The van der Waals surface area contributed by atoms with Gasteiger partial charge in [0, 0.05) is 31.0 Å². The molecule has 0 bridgehead atoms. The third-order valence-corrected chi connectivity index (χ3v) is 3.44. The van der Waals surface area contributed by atoms with Crippen molar-refractivity contribution in [2.75, 3.05) is 5.73 Å². The van der Waals surface area contributed by atoms with E-state index < -0.39 is 0 Å². The van der Waals surface area contributed by atoms with E-state index in [9.17, 15) is 0 Å². The van der Waals surface area contributed by atoms with Crippen molar-refractivity contribution >= 4 is 16.7 Å². The van der Waals surface area contributed by atoms with Crippen LogP contribution >= 0.6 is 0 Å². The second-order valence-electron chi connectivity index (χ2n) is 4.95. The summed E-state index contributed by atoms with van der Waals surface area (Å²) in [5, 5.41) is 4.25. The average Bonchev–Trinajstić information content (AvgIpc) is 3.04. The highest BCUT2D eigenvalue weighted by atomic mass is 15.3. The van der Waals surface area contributed by atoms with Gasteiger partial charge in [-0.3, -0.25) is 4.68 Å². The lowest BCUT2D eigenvalue weighted by Crippen LogP contribution is -2.10. The number of benzene rings is 1. The highest BCUT2D eigenvalue weighted by Crippen LogP contribution is 2.20. The molecule has 0 saturated heterocycles. The zero-order valence-electron chi connectivity index (χ0n) is 11.7. The maximum atomic E-state index is 5.84. The summed E-state index contributed by atoms with van der Waals surface area (Å²) in [6.07, 6.45) is 5.85. The van der Waals surface area contributed by atoms with Gasteiger partial charge in [-0.25, -0.2) is 4.98 Å². The van der Waals surface area contributed by atoms with Crippen molar-refractivity contribution in [2.45, 2.75) is 32.9 Å². The first-order chi connectivity index (χ1) is 9.78. The molecule has 0 radical (unpaired) electrons. The highest BCUT2D eigenvalue weighted by molar-refractivity contribution is 5.79. The molecule has 2 heterocycles. The minimum Gasteiger partial charge on any atom is -0.399 e. The Kier molecular flexibility index (Phi) is 3.41. The number of imidazole rings is 1. The van der Waals surface area contributed by atoms with Crippen molar-refractivity contribution < 1.29 is 0 Å². The fourth-order valence-electron chi connectivity index (χ4n) is 2.50. The number of nitrogen functional groups attached to an aromatic ring is 1. The van der Waals surface area contributed by atoms with E-state index in [0.29, 0.717) is 0 Å². The molecule has 2 N–H and O–H groups in total. The van der Waals surface area contributed by atoms with Gasteiger partial charge in [0.05, 0.1) is 17.6 Å². The van der Waals surface area contributed by atoms with E-state index in [1.165, 1.54) is 0 Å². The predicted octanol–water partition coefficient (Wildman–Crippen LogP) is 2.47. The summed E-state index contributed by atoms with van der Waals surface area (Å²) in [5.74, 6) is 1.13. The van der Waals surface area contributed by atoms with Crippen molar-refractivity contribution in [3.8, 4) is 0 Å². The Morgan fingerprint density at radius 1 is 1.25 bits per heavy atom. The molecule has 1 aromatic carbocycles. The molecule has 104 valence electrons. The standard InChI is InChI=1S/C15H19N5/c1-2-4-15-18-13-11-12(16)5-6-14(13)20(15)10-9-19-8-3-7-17-19/h3,5-8,11H,2,4,9-10,16H2,1H3. The molecule has 0 unspecified atom stereocenters. The lowest BCUT2D eigenvalue weighted by atomic mass is 10.3. The normalized spacial score (nSPS) is 11.2. The summed E-state index contributed by atoms with van der Waals surface area (Å²) in [4.78, 5) is 4.72. The molecule has 3 aromatic rings. The number of anilines is 1. The van der Waals surface area contributed by atoms with Crippen molar-refractivity contribution in [3.05, 3.63) is 42.5 Å². The Labute approximate surface area is 118 Å². The third kappa shape index (κ3) is 2.39. The molecule has 5 nitrogen and oxygen atoms in total. The summed E-state index contributed by atoms with van der Waals surface area (Å²) in [6.45, 7) is 3.89. The smallest absolute Gasteiger partial charge is 0.109 e. The van der Waals surface area contributed by atoms with Crippen LogP contribution in [0.5, 0.6) is 0 Å². The third-order valence-electron chi connectivity index (χ3n) is 3.44. The molecule has 0 saturated carbocycles.